The first-order chi connectivity index (χ1) is 13.3. The minimum atomic E-state index is -0.597. The number of nitrogens with zero attached hydrogens (tertiary/aromatic N) is 1. The smallest absolute Gasteiger partial charge is 0.270 e. The molecule has 3 fully saturated rings. The number of aromatic nitrogens is 1. The third-order valence-corrected chi connectivity index (χ3v) is 5.50. The van der Waals surface area contributed by atoms with Crippen molar-refractivity contribution in [1.82, 2.24) is 15.6 Å². The summed E-state index contributed by atoms with van der Waals surface area (Å²) in [6.07, 6.45) is 2.04. The highest BCUT2D eigenvalue weighted by Crippen LogP contribution is 2.60. The summed E-state index contributed by atoms with van der Waals surface area (Å²) in [5, 5.41) is 5.98. The highest BCUT2D eigenvalue weighted by atomic mass is 35.5. The van der Waals surface area contributed by atoms with Crippen LogP contribution in [0, 0.1) is 12.7 Å². The fourth-order valence-electron chi connectivity index (χ4n) is 4.07. The number of aryl methyl sites for hydroxylation is 1. The maximum Gasteiger partial charge on any atom is 0.270 e. The Morgan fingerprint density at radius 3 is 2.57 bits per heavy atom. The number of benzene rings is 1. The van der Waals surface area contributed by atoms with E-state index < -0.39 is 5.82 Å². The predicted molar refractivity (Wildman–Crippen MR) is 101 cm³/mol. The van der Waals surface area contributed by atoms with Gasteiger partial charge in [0.2, 0.25) is 0 Å². The zero-order valence-electron chi connectivity index (χ0n) is 15.2. The molecule has 0 spiro atoms. The summed E-state index contributed by atoms with van der Waals surface area (Å²) >= 11 is 5.61. The monoisotopic (exact) mass is 403 g/mol. The lowest BCUT2D eigenvalue weighted by molar-refractivity contribution is -0.141. The molecule has 3 saturated carbocycles. The predicted octanol–water partition coefficient (Wildman–Crippen LogP) is 2.78. The molecule has 0 saturated heterocycles. The molecule has 2 aromatic rings. The van der Waals surface area contributed by atoms with Crippen molar-refractivity contribution >= 4 is 23.4 Å². The summed E-state index contributed by atoms with van der Waals surface area (Å²) < 4.78 is 18.7. The maximum absolute atomic E-state index is 13.4. The number of carbonyl (C=O) groups excluding carboxylic acids is 2. The number of ether oxygens (including phenoxy) is 1. The molecule has 3 aliphatic carbocycles. The lowest BCUT2D eigenvalue weighted by Crippen LogP contribution is -2.84. The molecule has 0 radical (unpaired) electrons. The molecule has 2 amide bonds. The van der Waals surface area contributed by atoms with Crippen LogP contribution in [0.15, 0.2) is 36.4 Å². The minimum Gasteiger partial charge on any atom is -0.484 e. The molecule has 0 atom stereocenters. The van der Waals surface area contributed by atoms with Gasteiger partial charge in [-0.2, -0.15) is 0 Å². The van der Waals surface area contributed by atoms with Gasteiger partial charge in [-0.3, -0.25) is 9.59 Å². The first-order valence-corrected chi connectivity index (χ1v) is 9.31. The maximum atomic E-state index is 13.4. The Bertz CT molecular complexity index is 946. The molecule has 1 heterocycles. The molecule has 0 unspecified atom stereocenters. The van der Waals surface area contributed by atoms with Crippen LogP contribution in [0.2, 0.25) is 5.02 Å². The van der Waals surface area contributed by atoms with E-state index in [1.807, 2.05) is 13.0 Å². The third-order valence-electron chi connectivity index (χ3n) is 5.20. The van der Waals surface area contributed by atoms with Crippen LogP contribution in [0.5, 0.6) is 5.75 Å². The van der Waals surface area contributed by atoms with Gasteiger partial charge >= 0.3 is 0 Å². The number of hydrogen-bond donors (Lipinski definition) is 2. The van der Waals surface area contributed by atoms with Gasteiger partial charge in [0.05, 0.1) is 5.02 Å². The fraction of sp³-hybridized carbons (Fsp3) is 0.350. The number of nitrogens with one attached hydrogen (secondary N) is 2. The van der Waals surface area contributed by atoms with E-state index in [4.69, 9.17) is 16.3 Å². The van der Waals surface area contributed by atoms with Gasteiger partial charge in [0.1, 0.15) is 17.3 Å². The molecule has 1 aromatic heterocycles. The Morgan fingerprint density at radius 1 is 1.18 bits per heavy atom. The molecular formula is C20H19ClFN3O3. The molecule has 3 aliphatic rings. The van der Waals surface area contributed by atoms with E-state index in [0.717, 1.165) is 11.8 Å². The first kappa shape index (κ1) is 18.7. The first-order valence-electron chi connectivity index (χ1n) is 8.93. The van der Waals surface area contributed by atoms with Crippen LogP contribution >= 0.6 is 11.6 Å². The van der Waals surface area contributed by atoms with Crippen molar-refractivity contribution in [2.75, 3.05) is 6.61 Å². The number of amides is 2. The molecule has 8 heteroatoms. The second kappa shape index (κ2) is 6.74. The largest absolute Gasteiger partial charge is 0.484 e. The van der Waals surface area contributed by atoms with Gasteiger partial charge in [-0.1, -0.05) is 17.7 Å². The van der Waals surface area contributed by atoms with Crippen LogP contribution in [-0.4, -0.2) is 34.5 Å². The lowest BCUT2D eigenvalue weighted by Gasteiger charge is -2.70. The number of halogens is 2. The van der Waals surface area contributed by atoms with E-state index in [0.29, 0.717) is 25.0 Å². The van der Waals surface area contributed by atoms with E-state index in [2.05, 4.69) is 15.6 Å². The molecule has 1 aromatic carbocycles. The molecular weight excluding hydrogens is 385 g/mol. The van der Waals surface area contributed by atoms with Gasteiger partial charge < -0.3 is 15.4 Å². The summed E-state index contributed by atoms with van der Waals surface area (Å²) in [5.74, 6) is -0.837. The minimum absolute atomic E-state index is 0.00104. The molecule has 28 heavy (non-hydrogen) atoms. The summed E-state index contributed by atoms with van der Waals surface area (Å²) in [5.41, 5.74) is 0.621. The van der Waals surface area contributed by atoms with Gasteiger partial charge in [0.25, 0.3) is 11.8 Å². The normalized spacial score (nSPS) is 24.5. The van der Waals surface area contributed by atoms with Crippen LogP contribution in [-0.2, 0) is 4.79 Å². The number of pyridine rings is 1. The molecule has 0 aliphatic heterocycles. The SMILES string of the molecule is Cc1cccc(C(=O)NC23CC(NC(=O)COc4ccc(Cl)c(F)c4)(C2)C3)n1. The Morgan fingerprint density at radius 2 is 1.89 bits per heavy atom. The van der Waals surface area contributed by atoms with Crippen molar-refractivity contribution in [2.45, 2.75) is 37.3 Å². The van der Waals surface area contributed by atoms with E-state index in [1.165, 1.54) is 12.1 Å². The molecule has 6 nitrogen and oxygen atoms in total. The molecule has 2 bridgehead atoms. The summed E-state index contributed by atoms with van der Waals surface area (Å²) in [7, 11) is 0. The third kappa shape index (κ3) is 3.54. The average Bonchev–Trinajstić information content (AvgIpc) is 2.59. The molecule has 5 rings (SSSR count). The van der Waals surface area contributed by atoms with Crippen molar-refractivity contribution < 1.29 is 18.7 Å². The summed E-state index contributed by atoms with van der Waals surface area (Å²) in [6, 6.07) is 9.34. The van der Waals surface area contributed by atoms with Gasteiger partial charge in [0.15, 0.2) is 6.61 Å². The lowest BCUT2D eigenvalue weighted by atomic mass is 9.44. The van der Waals surface area contributed by atoms with Gasteiger partial charge in [-0.15, -0.1) is 0 Å². The number of rotatable bonds is 6. The standard InChI is InChI=1S/C20H19ClFN3O3/c1-12-3-2-4-16(23-12)18(27)25-20-9-19(10-20,11-20)24-17(26)8-28-13-5-6-14(21)15(22)7-13/h2-7H,8-11H2,1H3,(H,24,26)(H,25,27). The van der Waals surface area contributed by atoms with E-state index in [9.17, 15) is 14.0 Å². The number of hydrogen-bond acceptors (Lipinski definition) is 4. The van der Waals surface area contributed by atoms with Crippen molar-refractivity contribution in [2.24, 2.45) is 0 Å². The second-order valence-electron chi connectivity index (χ2n) is 7.62. The van der Waals surface area contributed by atoms with Gasteiger partial charge in [-0.25, -0.2) is 9.37 Å². The Balaban J connectivity index is 1.24. The molecule has 146 valence electrons. The van der Waals surface area contributed by atoms with Crippen LogP contribution in [0.3, 0.4) is 0 Å². The van der Waals surface area contributed by atoms with Gasteiger partial charge in [-0.05, 0) is 50.5 Å². The Labute approximate surface area is 166 Å². The van der Waals surface area contributed by atoms with Crippen molar-refractivity contribution in [3.63, 3.8) is 0 Å². The van der Waals surface area contributed by atoms with E-state index in [1.54, 1.807) is 12.1 Å². The van der Waals surface area contributed by atoms with E-state index in [-0.39, 0.29) is 40.3 Å². The fourth-order valence-corrected chi connectivity index (χ4v) is 4.19. The average molecular weight is 404 g/mol. The van der Waals surface area contributed by atoms with Crippen LogP contribution < -0.4 is 15.4 Å². The second-order valence-corrected chi connectivity index (χ2v) is 8.03. The molecule has 2 N–H and O–H groups in total. The number of carbonyl (C=O) groups is 2. The van der Waals surface area contributed by atoms with Crippen LogP contribution in [0.25, 0.3) is 0 Å². The zero-order chi connectivity index (χ0) is 19.9. The topological polar surface area (TPSA) is 80.3 Å². The summed E-state index contributed by atoms with van der Waals surface area (Å²) in [4.78, 5) is 28.7. The van der Waals surface area contributed by atoms with Gasteiger partial charge in [0, 0.05) is 22.8 Å². The van der Waals surface area contributed by atoms with Crippen molar-refractivity contribution in [3.05, 3.63) is 58.6 Å². The van der Waals surface area contributed by atoms with Crippen molar-refractivity contribution in [1.29, 1.82) is 0 Å². The highest BCUT2D eigenvalue weighted by Gasteiger charge is 2.69. The van der Waals surface area contributed by atoms with Crippen molar-refractivity contribution in [3.8, 4) is 5.75 Å². The van der Waals surface area contributed by atoms with E-state index >= 15 is 0 Å². The quantitative estimate of drug-likeness (QED) is 0.777. The summed E-state index contributed by atoms with van der Waals surface area (Å²) in [6.45, 7) is 1.62. The highest BCUT2D eigenvalue weighted by molar-refractivity contribution is 6.30. The zero-order valence-corrected chi connectivity index (χ0v) is 16.0. The Hall–Kier alpha value is -2.67. The Kier molecular flexibility index (Phi) is 4.50. The van der Waals surface area contributed by atoms with Crippen LogP contribution in [0.4, 0.5) is 4.39 Å². The van der Waals surface area contributed by atoms with Crippen LogP contribution in [0.1, 0.15) is 35.4 Å².